The van der Waals surface area contributed by atoms with Gasteiger partial charge in [-0.1, -0.05) is 12.1 Å². The zero-order valence-electron chi connectivity index (χ0n) is 11.5. The quantitative estimate of drug-likeness (QED) is 0.631. The molecule has 0 saturated carbocycles. The van der Waals surface area contributed by atoms with E-state index in [0.717, 1.165) is 0 Å². The Hall–Kier alpha value is -2.50. The number of carboxylic acid groups (broad SMARTS) is 1. The van der Waals surface area contributed by atoms with Crippen LogP contribution >= 0.6 is 0 Å². The van der Waals surface area contributed by atoms with Crippen LogP contribution in [0.4, 0.5) is 0 Å². The Morgan fingerprint density at radius 3 is 2.40 bits per heavy atom. The second-order valence-electron chi connectivity index (χ2n) is 3.81. The molecule has 0 aromatic heterocycles. The molecule has 0 aliphatic rings. The van der Waals surface area contributed by atoms with E-state index >= 15 is 0 Å². The third-order valence-electron chi connectivity index (χ3n) is 2.55. The summed E-state index contributed by atoms with van der Waals surface area (Å²) in [5.74, 6) is -0.914. The van der Waals surface area contributed by atoms with Crippen LogP contribution in [0.25, 0.3) is 6.08 Å². The molecule has 1 aromatic rings. The average Bonchev–Trinajstić information content (AvgIpc) is 2.44. The summed E-state index contributed by atoms with van der Waals surface area (Å²) in [5.41, 5.74) is 0.556. The first-order valence-corrected chi connectivity index (χ1v) is 5.75. The van der Waals surface area contributed by atoms with Crippen LogP contribution in [0, 0.1) is 0 Å². The molecule has 0 unspecified atom stereocenters. The molecule has 6 heteroatoms. The Bertz CT molecular complexity index is 532. The molecule has 0 saturated heterocycles. The zero-order chi connectivity index (χ0) is 15.1. The van der Waals surface area contributed by atoms with Crippen molar-refractivity contribution in [2.24, 2.45) is 0 Å². The van der Waals surface area contributed by atoms with Crippen molar-refractivity contribution in [2.75, 3.05) is 21.3 Å². The van der Waals surface area contributed by atoms with E-state index in [1.807, 2.05) is 0 Å². The van der Waals surface area contributed by atoms with E-state index < -0.39 is 18.4 Å². The summed E-state index contributed by atoms with van der Waals surface area (Å²) < 4.78 is 14.9. The Morgan fingerprint density at radius 2 is 1.90 bits per heavy atom. The van der Waals surface area contributed by atoms with Crippen LogP contribution in [0.3, 0.4) is 0 Å². The van der Waals surface area contributed by atoms with Gasteiger partial charge in [0.05, 0.1) is 27.8 Å². The van der Waals surface area contributed by atoms with Gasteiger partial charge in [-0.3, -0.25) is 4.79 Å². The van der Waals surface area contributed by atoms with Gasteiger partial charge >= 0.3 is 11.9 Å². The van der Waals surface area contributed by atoms with E-state index in [1.54, 1.807) is 18.2 Å². The molecule has 20 heavy (non-hydrogen) atoms. The van der Waals surface area contributed by atoms with Gasteiger partial charge in [-0.15, -0.1) is 0 Å². The Kier molecular flexibility index (Phi) is 5.58. The number of benzene rings is 1. The number of carbonyl (C=O) groups is 2. The molecule has 0 atom stereocenters. The van der Waals surface area contributed by atoms with Crippen LogP contribution in [0.5, 0.6) is 11.5 Å². The molecule has 0 spiro atoms. The lowest BCUT2D eigenvalue weighted by molar-refractivity contribution is -0.141. The molecule has 0 radical (unpaired) electrons. The number of ether oxygens (including phenoxy) is 3. The summed E-state index contributed by atoms with van der Waals surface area (Å²) >= 11 is 0. The number of aliphatic carboxylic acids is 1. The van der Waals surface area contributed by atoms with Crippen molar-refractivity contribution in [1.29, 1.82) is 0 Å². The van der Waals surface area contributed by atoms with Crippen molar-refractivity contribution in [3.05, 3.63) is 29.3 Å². The van der Waals surface area contributed by atoms with Crippen LogP contribution in [-0.2, 0) is 14.3 Å². The standard InChI is InChI=1S/C14H16O6/c1-18-11-6-4-5-9(13(11)19-2)7-10(8-12(15)16)14(17)20-3/h4-7H,8H2,1-3H3,(H,15,16)/b10-7-. The number of esters is 1. The van der Waals surface area contributed by atoms with Crippen LogP contribution in [0.2, 0.25) is 0 Å². The summed E-state index contributed by atoms with van der Waals surface area (Å²) in [6.45, 7) is 0. The highest BCUT2D eigenvalue weighted by molar-refractivity contribution is 5.98. The van der Waals surface area contributed by atoms with Gasteiger partial charge in [0.2, 0.25) is 0 Å². The Labute approximate surface area is 116 Å². The molecule has 0 bridgehead atoms. The first kappa shape index (κ1) is 15.6. The second kappa shape index (κ2) is 7.18. The first-order chi connectivity index (χ1) is 9.53. The maximum absolute atomic E-state index is 11.6. The molecule has 1 N–H and O–H groups in total. The van der Waals surface area contributed by atoms with Gasteiger partial charge in [-0.25, -0.2) is 4.79 Å². The number of hydrogen-bond acceptors (Lipinski definition) is 5. The molecule has 0 aliphatic carbocycles. The SMILES string of the molecule is COC(=O)/C(=C\c1cccc(OC)c1OC)CC(=O)O. The largest absolute Gasteiger partial charge is 0.493 e. The second-order valence-corrected chi connectivity index (χ2v) is 3.81. The van der Waals surface area contributed by atoms with Crippen molar-refractivity contribution in [3.8, 4) is 11.5 Å². The summed E-state index contributed by atoms with van der Waals surface area (Å²) in [4.78, 5) is 22.4. The highest BCUT2D eigenvalue weighted by Crippen LogP contribution is 2.32. The monoisotopic (exact) mass is 280 g/mol. The third kappa shape index (κ3) is 3.74. The van der Waals surface area contributed by atoms with E-state index in [4.69, 9.17) is 14.6 Å². The van der Waals surface area contributed by atoms with Crippen molar-refractivity contribution in [3.63, 3.8) is 0 Å². The molecule has 1 aromatic carbocycles. The number of para-hydroxylation sites is 1. The summed E-state index contributed by atoms with van der Waals surface area (Å²) in [6, 6.07) is 5.10. The van der Waals surface area contributed by atoms with Crippen LogP contribution < -0.4 is 9.47 Å². The molecule has 0 heterocycles. The molecular formula is C14H16O6. The van der Waals surface area contributed by atoms with Gasteiger partial charge < -0.3 is 19.3 Å². The summed E-state index contributed by atoms with van der Waals surface area (Å²) in [6.07, 6.45) is 0.981. The maximum Gasteiger partial charge on any atom is 0.334 e. The van der Waals surface area contributed by atoms with E-state index in [2.05, 4.69) is 4.74 Å². The molecule has 0 aliphatic heterocycles. The average molecular weight is 280 g/mol. The van der Waals surface area contributed by atoms with Crippen molar-refractivity contribution >= 4 is 18.0 Å². The lowest BCUT2D eigenvalue weighted by Crippen LogP contribution is -2.09. The minimum atomic E-state index is -1.12. The summed E-state index contributed by atoms with van der Waals surface area (Å²) in [5, 5.41) is 8.83. The van der Waals surface area contributed by atoms with E-state index in [1.165, 1.54) is 27.4 Å². The highest BCUT2D eigenvalue weighted by Gasteiger charge is 2.16. The van der Waals surface area contributed by atoms with Gasteiger partial charge in [0, 0.05) is 11.1 Å². The molecule has 1 rings (SSSR count). The van der Waals surface area contributed by atoms with Crippen LogP contribution in [0.1, 0.15) is 12.0 Å². The van der Waals surface area contributed by atoms with Crippen molar-refractivity contribution < 1.29 is 28.9 Å². The van der Waals surface area contributed by atoms with E-state index in [-0.39, 0.29) is 5.57 Å². The first-order valence-electron chi connectivity index (χ1n) is 5.75. The topological polar surface area (TPSA) is 82.1 Å². The zero-order valence-corrected chi connectivity index (χ0v) is 11.5. The number of carboxylic acids is 1. The number of hydrogen-bond donors (Lipinski definition) is 1. The third-order valence-corrected chi connectivity index (χ3v) is 2.55. The van der Waals surface area contributed by atoms with Crippen LogP contribution in [-0.4, -0.2) is 38.4 Å². The fraction of sp³-hybridized carbons (Fsp3) is 0.286. The summed E-state index contributed by atoms with van der Waals surface area (Å²) in [7, 11) is 4.15. The van der Waals surface area contributed by atoms with E-state index in [0.29, 0.717) is 17.1 Å². The van der Waals surface area contributed by atoms with Gasteiger partial charge in [0.15, 0.2) is 11.5 Å². The fourth-order valence-corrected chi connectivity index (χ4v) is 1.69. The van der Waals surface area contributed by atoms with Gasteiger partial charge in [-0.2, -0.15) is 0 Å². The molecule has 108 valence electrons. The molecular weight excluding hydrogens is 264 g/mol. The maximum atomic E-state index is 11.6. The molecule has 0 fully saturated rings. The number of rotatable bonds is 6. The lowest BCUT2D eigenvalue weighted by Gasteiger charge is -2.11. The van der Waals surface area contributed by atoms with Gasteiger partial charge in [0.25, 0.3) is 0 Å². The minimum absolute atomic E-state index is 0.0200. The van der Waals surface area contributed by atoms with E-state index in [9.17, 15) is 9.59 Å². The predicted octanol–water partition coefficient (Wildman–Crippen LogP) is 1.73. The Balaban J connectivity index is 3.29. The minimum Gasteiger partial charge on any atom is -0.493 e. The molecule has 0 amide bonds. The van der Waals surface area contributed by atoms with Crippen molar-refractivity contribution in [1.82, 2.24) is 0 Å². The van der Waals surface area contributed by atoms with Crippen LogP contribution in [0.15, 0.2) is 23.8 Å². The smallest absolute Gasteiger partial charge is 0.334 e. The number of methoxy groups -OCH3 is 3. The normalized spacial score (nSPS) is 10.8. The van der Waals surface area contributed by atoms with Gasteiger partial charge in [0.1, 0.15) is 0 Å². The van der Waals surface area contributed by atoms with Crippen molar-refractivity contribution in [2.45, 2.75) is 6.42 Å². The number of carbonyl (C=O) groups excluding carboxylic acids is 1. The fourth-order valence-electron chi connectivity index (χ4n) is 1.69. The predicted molar refractivity (Wildman–Crippen MR) is 71.8 cm³/mol. The van der Waals surface area contributed by atoms with Gasteiger partial charge in [-0.05, 0) is 12.1 Å². The highest BCUT2D eigenvalue weighted by atomic mass is 16.5. The Morgan fingerprint density at radius 1 is 1.20 bits per heavy atom. The molecule has 6 nitrogen and oxygen atoms in total. The lowest BCUT2D eigenvalue weighted by atomic mass is 10.1.